The first-order chi connectivity index (χ1) is 12.4. The molecule has 140 valence electrons. The van der Waals surface area contributed by atoms with Gasteiger partial charge in [0.2, 0.25) is 5.91 Å². The van der Waals surface area contributed by atoms with Gasteiger partial charge in [-0.05, 0) is 24.5 Å². The van der Waals surface area contributed by atoms with Crippen LogP contribution < -0.4 is 15.5 Å². The highest BCUT2D eigenvalue weighted by Gasteiger charge is 2.26. The maximum Gasteiger partial charge on any atom is 0.340 e. The normalized spacial score (nSPS) is 13.7. The Bertz CT molecular complexity index is 702. The third-order valence-electron chi connectivity index (χ3n) is 3.75. The van der Waals surface area contributed by atoms with E-state index < -0.39 is 24.5 Å². The number of hydrogen-bond donors (Lipinski definition) is 2. The first-order valence-electron chi connectivity index (χ1n) is 8.52. The maximum absolute atomic E-state index is 12.3. The van der Waals surface area contributed by atoms with E-state index in [2.05, 4.69) is 10.6 Å². The summed E-state index contributed by atoms with van der Waals surface area (Å²) in [7, 11) is 0. The van der Waals surface area contributed by atoms with Crippen LogP contribution in [0.2, 0.25) is 0 Å². The fourth-order valence-electron chi connectivity index (χ4n) is 2.50. The second-order valence-corrected chi connectivity index (χ2v) is 6.39. The molecule has 0 aromatic heterocycles. The van der Waals surface area contributed by atoms with Gasteiger partial charge in [0.1, 0.15) is 0 Å². The molecule has 2 rings (SSSR count). The summed E-state index contributed by atoms with van der Waals surface area (Å²) in [6.45, 7) is 4.23. The van der Waals surface area contributed by atoms with Crippen LogP contribution in [0.5, 0.6) is 0 Å². The van der Waals surface area contributed by atoms with E-state index in [1.165, 1.54) is 11.0 Å². The zero-order valence-electron chi connectivity index (χ0n) is 14.9. The molecule has 1 heterocycles. The first-order valence-corrected chi connectivity index (χ1v) is 8.52. The molecule has 1 aromatic rings. The van der Waals surface area contributed by atoms with Crippen molar-refractivity contribution in [2.24, 2.45) is 5.92 Å². The molecule has 0 saturated carbocycles. The Labute approximate surface area is 151 Å². The maximum atomic E-state index is 12.3. The van der Waals surface area contributed by atoms with Crippen LogP contribution >= 0.6 is 0 Å². The zero-order chi connectivity index (χ0) is 19.1. The molecule has 0 bridgehead atoms. The number of nitrogens with zero attached hydrogens (tertiary/aromatic N) is 1. The number of hydrogen-bond acceptors (Lipinski definition) is 5. The van der Waals surface area contributed by atoms with Gasteiger partial charge in [-0.2, -0.15) is 0 Å². The molecule has 1 fully saturated rings. The Kier molecular flexibility index (Phi) is 6.71. The molecule has 0 spiro atoms. The molecular formula is C18H23N3O5. The van der Waals surface area contributed by atoms with Crippen LogP contribution in [0, 0.1) is 5.92 Å². The molecule has 8 nitrogen and oxygen atoms in total. The highest BCUT2D eigenvalue weighted by molar-refractivity contribution is 6.04. The van der Waals surface area contributed by atoms with Crippen LogP contribution in [-0.4, -0.2) is 43.5 Å². The van der Waals surface area contributed by atoms with Crippen molar-refractivity contribution in [2.75, 3.05) is 24.6 Å². The molecule has 2 N–H and O–H groups in total. The van der Waals surface area contributed by atoms with Crippen molar-refractivity contribution in [3.05, 3.63) is 29.8 Å². The van der Waals surface area contributed by atoms with Crippen molar-refractivity contribution in [2.45, 2.75) is 26.7 Å². The van der Waals surface area contributed by atoms with Gasteiger partial charge in [0.25, 0.3) is 5.91 Å². The lowest BCUT2D eigenvalue weighted by molar-refractivity contribution is -0.123. The molecule has 1 aliphatic heterocycles. The summed E-state index contributed by atoms with van der Waals surface area (Å²) in [5, 5.41) is 4.62. The summed E-state index contributed by atoms with van der Waals surface area (Å²) >= 11 is 0. The van der Waals surface area contributed by atoms with Crippen LogP contribution in [-0.2, 0) is 14.3 Å². The van der Waals surface area contributed by atoms with Gasteiger partial charge in [0.05, 0.1) is 11.3 Å². The standard InChI is InChI=1S/C18H23N3O5/c1-12(2)10-19-18(25)20-15(22)11-26-17(24)13-6-3-4-7-14(13)21-9-5-8-16(21)23/h3-4,6-7,12H,5,8-11H2,1-2H3,(H2,19,20,22,25). The number of imide groups is 1. The van der Waals surface area contributed by atoms with Crippen LogP contribution in [0.4, 0.5) is 10.5 Å². The number of ether oxygens (including phenoxy) is 1. The Balaban J connectivity index is 1.91. The number of rotatable bonds is 6. The number of amides is 4. The number of carbonyl (C=O) groups is 4. The van der Waals surface area contributed by atoms with Gasteiger partial charge in [-0.25, -0.2) is 9.59 Å². The minimum Gasteiger partial charge on any atom is -0.452 e. The SMILES string of the molecule is CC(C)CNC(=O)NC(=O)COC(=O)c1ccccc1N1CCCC1=O. The van der Waals surface area contributed by atoms with Gasteiger partial charge in [0.15, 0.2) is 6.61 Å². The topological polar surface area (TPSA) is 105 Å². The average molecular weight is 361 g/mol. The Hall–Kier alpha value is -2.90. The van der Waals surface area contributed by atoms with Crippen LogP contribution in [0.15, 0.2) is 24.3 Å². The van der Waals surface area contributed by atoms with Crippen molar-refractivity contribution in [3.63, 3.8) is 0 Å². The van der Waals surface area contributed by atoms with E-state index in [-0.39, 0.29) is 17.4 Å². The predicted octanol–water partition coefficient (Wildman–Crippen LogP) is 1.45. The molecule has 8 heteroatoms. The predicted molar refractivity (Wildman–Crippen MR) is 94.7 cm³/mol. The molecule has 1 aromatic carbocycles. The van der Waals surface area contributed by atoms with Gasteiger partial charge in [-0.1, -0.05) is 26.0 Å². The summed E-state index contributed by atoms with van der Waals surface area (Å²) in [6, 6.07) is 5.95. The van der Waals surface area contributed by atoms with Crippen LogP contribution in [0.1, 0.15) is 37.0 Å². The number of nitrogens with one attached hydrogen (secondary N) is 2. The van der Waals surface area contributed by atoms with Crippen LogP contribution in [0.25, 0.3) is 0 Å². The second-order valence-electron chi connectivity index (χ2n) is 6.39. The minimum absolute atomic E-state index is 0.0511. The van der Waals surface area contributed by atoms with Gasteiger partial charge < -0.3 is 15.0 Å². The van der Waals surface area contributed by atoms with Crippen molar-refractivity contribution in [1.82, 2.24) is 10.6 Å². The Morgan fingerprint density at radius 1 is 1.23 bits per heavy atom. The molecule has 1 aliphatic rings. The Morgan fingerprint density at radius 2 is 1.96 bits per heavy atom. The van der Waals surface area contributed by atoms with E-state index in [4.69, 9.17) is 4.74 Å². The lowest BCUT2D eigenvalue weighted by Crippen LogP contribution is -2.42. The van der Waals surface area contributed by atoms with Gasteiger partial charge in [-0.15, -0.1) is 0 Å². The summed E-state index contributed by atoms with van der Waals surface area (Å²) in [5.41, 5.74) is 0.676. The van der Waals surface area contributed by atoms with E-state index in [9.17, 15) is 19.2 Å². The number of esters is 1. The number of carbonyl (C=O) groups excluding carboxylic acids is 4. The van der Waals surface area contributed by atoms with Gasteiger partial charge in [0, 0.05) is 19.5 Å². The number of para-hydroxylation sites is 1. The molecular weight excluding hydrogens is 338 g/mol. The largest absolute Gasteiger partial charge is 0.452 e. The fraction of sp³-hybridized carbons (Fsp3) is 0.444. The quantitative estimate of drug-likeness (QED) is 0.746. The molecule has 0 unspecified atom stereocenters. The molecule has 1 saturated heterocycles. The lowest BCUT2D eigenvalue weighted by Gasteiger charge is -2.18. The highest BCUT2D eigenvalue weighted by atomic mass is 16.5. The lowest BCUT2D eigenvalue weighted by atomic mass is 10.1. The minimum atomic E-state index is -0.727. The molecule has 26 heavy (non-hydrogen) atoms. The monoisotopic (exact) mass is 361 g/mol. The number of urea groups is 1. The van der Waals surface area contributed by atoms with Crippen molar-refractivity contribution < 1.29 is 23.9 Å². The van der Waals surface area contributed by atoms with E-state index in [0.29, 0.717) is 25.2 Å². The summed E-state index contributed by atoms with van der Waals surface area (Å²) < 4.78 is 4.98. The molecule has 0 atom stereocenters. The fourth-order valence-corrected chi connectivity index (χ4v) is 2.50. The third-order valence-corrected chi connectivity index (χ3v) is 3.75. The highest BCUT2D eigenvalue weighted by Crippen LogP contribution is 2.25. The summed E-state index contributed by atoms with van der Waals surface area (Å²) in [5.74, 6) is -1.25. The Morgan fingerprint density at radius 3 is 2.62 bits per heavy atom. The van der Waals surface area contributed by atoms with Gasteiger partial charge >= 0.3 is 12.0 Å². The van der Waals surface area contributed by atoms with Crippen molar-refractivity contribution in [3.8, 4) is 0 Å². The number of benzene rings is 1. The number of anilines is 1. The zero-order valence-corrected chi connectivity index (χ0v) is 14.9. The summed E-state index contributed by atoms with van der Waals surface area (Å²) in [6.07, 6.45) is 1.17. The average Bonchev–Trinajstić information content (AvgIpc) is 3.03. The third kappa shape index (κ3) is 5.30. The smallest absolute Gasteiger partial charge is 0.340 e. The van der Waals surface area contributed by atoms with Crippen LogP contribution in [0.3, 0.4) is 0 Å². The van der Waals surface area contributed by atoms with E-state index in [0.717, 1.165) is 6.42 Å². The second kappa shape index (κ2) is 8.98. The van der Waals surface area contributed by atoms with Crippen molar-refractivity contribution >= 4 is 29.5 Å². The van der Waals surface area contributed by atoms with E-state index in [1.54, 1.807) is 18.2 Å². The van der Waals surface area contributed by atoms with Gasteiger partial charge in [-0.3, -0.25) is 14.9 Å². The summed E-state index contributed by atoms with van der Waals surface area (Å²) in [4.78, 5) is 49.0. The molecule has 0 radical (unpaired) electrons. The van der Waals surface area contributed by atoms with Crippen molar-refractivity contribution in [1.29, 1.82) is 0 Å². The van der Waals surface area contributed by atoms with E-state index in [1.807, 2.05) is 13.8 Å². The first kappa shape index (κ1) is 19.4. The molecule has 0 aliphatic carbocycles. The molecule has 4 amide bonds. The van der Waals surface area contributed by atoms with E-state index >= 15 is 0 Å².